The molecule has 1 heterocycles. The van der Waals surface area contributed by atoms with Gasteiger partial charge in [0.1, 0.15) is 24.1 Å². The summed E-state index contributed by atoms with van der Waals surface area (Å²) in [5, 5.41) is 30.4. The van der Waals surface area contributed by atoms with Gasteiger partial charge in [0.15, 0.2) is 0 Å². The number of aliphatic hydroxyl groups excluding tert-OH is 3. The van der Waals surface area contributed by atoms with Crippen molar-refractivity contribution in [3.05, 3.63) is 28.8 Å². The van der Waals surface area contributed by atoms with Crippen molar-refractivity contribution in [1.29, 1.82) is 0 Å². The summed E-state index contributed by atoms with van der Waals surface area (Å²) in [6.07, 6.45) is -7.70. The first-order valence-corrected chi connectivity index (χ1v) is 9.43. The van der Waals surface area contributed by atoms with Gasteiger partial charge in [0.2, 0.25) is 6.29 Å². The third-order valence-electron chi connectivity index (χ3n) is 3.75. The van der Waals surface area contributed by atoms with Crippen LogP contribution >= 0.6 is 19.2 Å². The van der Waals surface area contributed by atoms with E-state index in [-0.39, 0.29) is 6.42 Å². The number of ether oxygens (including phenoxy) is 2. The van der Waals surface area contributed by atoms with E-state index in [4.69, 9.17) is 30.9 Å². The Balaban J connectivity index is 2.11. The summed E-state index contributed by atoms with van der Waals surface area (Å²) >= 11 is 5.85. The van der Waals surface area contributed by atoms with Gasteiger partial charge in [0.05, 0.1) is 12.3 Å². The Morgan fingerprint density at radius 2 is 1.88 bits per heavy atom. The van der Waals surface area contributed by atoms with E-state index in [0.29, 0.717) is 16.3 Å². The lowest BCUT2D eigenvalue weighted by atomic mass is 9.97. The predicted molar refractivity (Wildman–Crippen MR) is 85.0 cm³/mol. The highest BCUT2D eigenvalue weighted by atomic mass is 35.5. The lowest BCUT2D eigenvalue weighted by Crippen LogP contribution is -2.59. The van der Waals surface area contributed by atoms with Gasteiger partial charge in [-0.25, -0.2) is 0 Å². The predicted octanol–water partition coefficient (Wildman–Crippen LogP) is 0.403. The maximum atomic E-state index is 11.0. The van der Waals surface area contributed by atoms with Crippen LogP contribution in [0, 0.1) is 6.92 Å². The molecule has 0 bridgehead atoms. The molecule has 24 heavy (non-hydrogen) atoms. The molecule has 1 aromatic carbocycles. The first-order valence-electron chi connectivity index (χ1n) is 7.25. The van der Waals surface area contributed by atoms with Gasteiger partial charge in [0, 0.05) is 5.02 Å². The summed E-state index contributed by atoms with van der Waals surface area (Å²) in [5.74, 6) is 0.362. The molecule has 0 unspecified atom stereocenters. The molecule has 0 radical (unpaired) electrons. The van der Waals surface area contributed by atoms with E-state index >= 15 is 0 Å². The minimum atomic E-state index is -4.28. The first kappa shape index (κ1) is 19.6. The molecule has 1 fully saturated rings. The molecule has 2 rings (SSSR count). The van der Waals surface area contributed by atoms with Crippen LogP contribution in [0.4, 0.5) is 0 Å². The van der Waals surface area contributed by atoms with Crippen LogP contribution in [0.25, 0.3) is 0 Å². The average molecular weight is 383 g/mol. The summed E-state index contributed by atoms with van der Waals surface area (Å²) in [4.78, 5) is 17.9. The maximum Gasteiger partial charge on any atom is 0.325 e. The zero-order chi connectivity index (χ0) is 18.1. The minimum Gasteiger partial charge on any atom is -0.462 e. The fraction of sp³-hybridized carbons (Fsp3) is 0.571. The van der Waals surface area contributed by atoms with Crippen LogP contribution in [-0.2, 0) is 9.30 Å². The fourth-order valence-corrected chi connectivity index (χ4v) is 3.24. The highest BCUT2D eigenvalue weighted by Crippen LogP contribution is 2.37. The number of halogens is 1. The monoisotopic (exact) mass is 382 g/mol. The summed E-state index contributed by atoms with van der Waals surface area (Å²) in [7, 11) is -4.28. The molecule has 1 aromatic rings. The van der Waals surface area contributed by atoms with Gasteiger partial charge in [-0.15, -0.1) is 0 Å². The van der Waals surface area contributed by atoms with Crippen molar-refractivity contribution in [2.24, 2.45) is 0 Å². The molecule has 0 aromatic heterocycles. The molecule has 10 heteroatoms. The van der Waals surface area contributed by atoms with Crippen LogP contribution in [0.5, 0.6) is 5.75 Å². The van der Waals surface area contributed by atoms with Crippen LogP contribution in [0.3, 0.4) is 0 Å². The Morgan fingerprint density at radius 3 is 2.46 bits per heavy atom. The average Bonchev–Trinajstić information content (AvgIpc) is 2.48. The number of hydrogen-bond donors (Lipinski definition) is 5. The van der Waals surface area contributed by atoms with Gasteiger partial charge in [-0.2, -0.15) is 0 Å². The van der Waals surface area contributed by atoms with Crippen LogP contribution in [-0.4, -0.2) is 62.0 Å². The lowest BCUT2D eigenvalue weighted by molar-refractivity contribution is -0.272. The van der Waals surface area contributed by atoms with E-state index in [1.165, 1.54) is 0 Å². The zero-order valence-electron chi connectivity index (χ0n) is 12.8. The quantitative estimate of drug-likeness (QED) is 0.462. The second-order valence-corrected chi connectivity index (χ2v) is 7.93. The Morgan fingerprint density at radius 1 is 1.21 bits per heavy atom. The number of aliphatic hydroxyl groups is 3. The summed E-state index contributed by atoms with van der Waals surface area (Å²) < 4.78 is 21.9. The highest BCUT2D eigenvalue weighted by molar-refractivity contribution is 7.51. The Labute approximate surface area is 143 Å². The van der Waals surface area contributed by atoms with E-state index in [2.05, 4.69) is 0 Å². The van der Waals surface area contributed by atoms with Crippen molar-refractivity contribution in [2.45, 2.75) is 44.1 Å². The maximum absolute atomic E-state index is 11.0. The van der Waals surface area contributed by atoms with Crippen molar-refractivity contribution in [2.75, 3.05) is 6.16 Å². The third kappa shape index (κ3) is 4.91. The first-order chi connectivity index (χ1) is 11.1. The molecule has 0 amide bonds. The SMILES string of the molecule is Cc1cc(Cl)ccc1O[C@H]1O[C@H](CCP(=O)(O)O)[C@@H](O)[C@H](O)[C@@H]1O. The Hall–Kier alpha value is -0.700. The second-order valence-electron chi connectivity index (χ2n) is 5.72. The number of rotatable bonds is 5. The summed E-state index contributed by atoms with van der Waals surface area (Å²) in [5.41, 5.74) is 0.672. The molecule has 0 saturated carbocycles. The number of aryl methyl sites for hydroxylation is 1. The van der Waals surface area contributed by atoms with Crippen molar-refractivity contribution in [1.82, 2.24) is 0 Å². The second kappa shape index (κ2) is 7.68. The van der Waals surface area contributed by atoms with E-state index in [1.807, 2.05) is 0 Å². The molecular formula is C14H20ClO8P. The largest absolute Gasteiger partial charge is 0.462 e. The topological polar surface area (TPSA) is 137 Å². The van der Waals surface area contributed by atoms with Gasteiger partial charge in [0.25, 0.3) is 0 Å². The Bertz CT molecular complexity index is 621. The van der Waals surface area contributed by atoms with E-state index in [1.54, 1.807) is 25.1 Å². The van der Waals surface area contributed by atoms with Crippen molar-refractivity contribution in [3.8, 4) is 5.75 Å². The Kier molecular flexibility index (Phi) is 6.28. The highest BCUT2D eigenvalue weighted by Gasteiger charge is 2.45. The molecule has 1 aliphatic heterocycles. The normalized spacial score (nSPS) is 31.0. The van der Waals surface area contributed by atoms with E-state index < -0.39 is 44.5 Å². The smallest absolute Gasteiger partial charge is 0.325 e. The minimum absolute atomic E-state index is 0.200. The zero-order valence-corrected chi connectivity index (χ0v) is 14.5. The standard InChI is InChI=1S/C14H20ClO8P/c1-7-6-8(15)2-3-9(7)22-14-13(18)12(17)11(16)10(23-14)4-5-24(19,20)21/h2-3,6,10-14,16-18H,4-5H2,1H3,(H2,19,20,21)/t10-,11-,12+,13+,14+/m1/s1. The van der Waals surface area contributed by atoms with Crippen LogP contribution < -0.4 is 4.74 Å². The van der Waals surface area contributed by atoms with E-state index in [0.717, 1.165) is 0 Å². The molecule has 5 atom stereocenters. The third-order valence-corrected chi connectivity index (χ3v) is 4.83. The van der Waals surface area contributed by atoms with Crippen LogP contribution in [0.1, 0.15) is 12.0 Å². The molecular weight excluding hydrogens is 363 g/mol. The summed E-state index contributed by atoms with van der Waals surface area (Å²) in [6, 6.07) is 4.79. The lowest BCUT2D eigenvalue weighted by Gasteiger charge is -2.40. The number of hydrogen-bond acceptors (Lipinski definition) is 6. The molecule has 1 aliphatic rings. The van der Waals surface area contributed by atoms with Crippen molar-refractivity contribution >= 4 is 19.2 Å². The van der Waals surface area contributed by atoms with Gasteiger partial charge in [-0.3, -0.25) is 4.57 Å². The molecule has 1 saturated heterocycles. The summed E-state index contributed by atoms with van der Waals surface area (Å²) in [6.45, 7) is 1.73. The van der Waals surface area contributed by atoms with Gasteiger partial charge >= 0.3 is 7.60 Å². The van der Waals surface area contributed by atoms with Crippen molar-refractivity contribution < 1.29 is 39.1 Å². The van der Waals surface area contributed by atoms with Crippen LogP contribution in [0.2, 0.25) is 5.02 Å². The molecule has 5 N–H and O–H groups in total. The van der Waals surface area contributed by atoms with Crippen LogP contribution in [0.15, 0.2) is 18.2 Å². The molecule has 0 aliphatic carbocycles. The molecule has 0 spiro atoms. The molecule has 136 valence electrons. The fourth-order valence-electron chi connectivity index (χ4n) is 2.42. The van der Waals surface area contributed by atoms with Gasteiger partial charge in [-0.05, 0) is 37.1 Å². The van der Waals surface area contributed by atoms with Crippen molar-refractivity contribution in [3.63, 3.8) is 0 Å². The van der Waals surface area contributed by atoms with Gasteiger partial charge < -0.3 is 34.6 Å². The molecule has 8 nitrogen and oxygen atoms in total. The number of benzene rings is 1. The van der Waals surface area contributed by atoms with E-state index in [9.17, 15) is 19.9 Å². The van der Waals surface area contributed by atoms with Gasteiger partial charge in [-0.1, -0.05) is 11.6 Å².